The Hall–Kier alpha value is -1.84. The van der Waals surface area contributed by atoms with Crippen LogP contribution in [0.2, 0.25) is 0 Å². The number of amides is 2. The Balaban J connectivity index is 1.90. The summed E-state index contributed by atoms with van der Waals surface area (Å²) in [7, 11) is 0. The average Bonchev–Trinajstić information content (AvgIpc) is 2.82. The van der Waals surface area contributed by atoms with Crippen molar-refractivity contribution in [2.24, 2.45) is 5.92 Å². The van der Waals surface area contributed by atoms with Crippen LogP contribution in [0.1, 0.15) is 57.9 Å². The molecule has 0 radical (unpaired) electrons. The maximum absolute atomic E-state index is 12.6. The largest absolute Gasteiger partial charge is 0.352 e. The first kappa shape index (κ1) is 18.5. The average molecular weight is 330 g/mol. The number of hydrogen-bond acceptors (Lipinski definition) is 2. The van der Waals surface area contributed by atoms with Gasteiger partial charge in [-0.3, -0.25) is 9.59 Å². The Bertz CT molecular complexity index is 520. The summed E-state index contributed by atoms with van der Waals surface area (Å²) in [6, 6.07) is 9.41. The van der Waals surface area contributed by atoms with E-state index in [1.165, 1.54) is 25.7 Å². The Kier molecular flexibility index (Phi) is 7.29. The third-order valence-corrected chi connectivity index (χ3v) is 4.67. The van der Waals surface area contributed by atoms with E-state index in [1.807, 2.05) is 44.2 Å². The van der Waals surface area contributed by atoms with Crippen LogP contribution in [0, 0.1) is 5.92 Å². The van der Waals surface area contributed by atoms with E-state index in [4.69, 9.17) is 0 Å². The maximum Gasteiger partial charge on any atom is 0.243 e. The fourth-order valence-electron chi connectivity index (χ4n) is 3.26. The Morgan fingerprint density at radius 1 is 1.04 bits per heavy atom. The predicted molar refractivity (Wildman–Crippen MR) is 96.5 cm³/mol. The zero-order valence-corrected chi connectivity index (χ0v) is 14.9. The number of carbonyl (C=O) groups is 2. The van der Waals surface area contributed by atoms with Crippen LogP contribution in [0.15, 0.2) is 30.3 Å². The third kappa shape index (κ3) is 5.99. The molecule has 1 aromatic carbocycles. The highest BCUT2D eigenvalue weighted by molar-refractivity contribution is 5.88. The first-order valence-electron chi connectivity index (χ1n) is 9.20. The lowest BCUT2D eigenvalue weighted by Crippen LogP contribution is -2.52. The molecule has 132 valence electrons. The molecule has 24 heavy (non-hydrogen) atoms. The van der Waals surface area contributed by atoms with E-state index >= 15 is 0 Å². The van der Waals surface area contributed by atoms with Crippen LogP contribution in [0.25, 0.3) is 0 Å². The second-order valence-electron chi connectivity index (χ2n) is 7.15. The van der Waals surface area contributed by atoms with Gasteiger partial charge >= 0.3 is 0 Å². The fraction of sp³-hybridized carbons (Fsp3) is 0.600. The van der Waals surface area contributed by atoms with E-state index in [0.717, 1.165) is 18.4 Å². The normalized spacial score (nSPS) is 17.1. The molecule has 2 rings (SSSR count). The van der Waals surface area contributed by atoms with Crippen LogP contribution in [0.4, 0.5) is 0 Å². The molecular weight excluding hydrogens is 300 g/mol. The van der Waals surface area contributed by atoms with Gasteiger partial charge in [-0.15, -0.1) is 0 Å². The van der Waals surface area contributed by atoms with Crippen LogP contribution in [0.5, 0.6) is 0 Å². The topological polar surface area (TPSA) is 58.2 Å². The van der Waals surface area contributed by atoms with Gasteiger partial charge in [0, 0.05) is 6.04 Å². The lowest BCUT2D eigenvalue weighted by atomic mass is 10.0. The Labute approximate surface area is 145 Å². The summed E-state index contributed by atoms with van der Waals surface area (Å²) in [4.78, 5) is 24.9. The summed E-state index contributed by atoms with van der Waals surface area (Å²) in [6.45, 7) is 3.94. The molecule has 4 nitrogen and oxygen atoms in total. The highest BCUT2D eigenvalue weighted by Gasteiger charge is 2.26. The molecule has 1 aromatic rings. The van der Waals surface area contributed by atoms with Crippen molar-refractivity contribution in [3.63, 3.8) is 0 Å². The SMILES string of the molecule is CC(C)[C@H](NC(=O)Cc1ccccc1)C(=O)NC1CCCCCC1. The molecule has 0 aliphatic heterocycles. The van der Waals surface area contributed by atoms with Crippen molar-refractivity contribution < 1.29 is 9.59 Å². The number of benzene rings is 1. The van der Waals surface area contributed by atoms with Crippen LogP contribution in [-0.2, 0) is 16.0 Å². The van der Waals surface area contributed by atoms with Crippen LogP contribution in [0.3, 0.4) is 0 Å². The molecule has 0 saturated heterocycles. The van der Waals surface area contributed by atoms with Crippen LogP contribution >= 0.6 is 0 Å². The molecule has 1 aliphatic carbocycles. The Morgan fingerprint density at radius 2 is 1.67 bits per heavy atom. The fourth-order valence-corrected chi connectivity index (χ4v) is 3.26. The number of hydrogen-bond donors (Lipinski definition) is 2. The minimum Gasteiger partial charge on any atom is -0.352 e. The molecule has 2 amide bonds. The van der Waals surface area contributed by atoms with Crippen molar-refractivity contribution in [1.82, 2.24) is 10.6 Å². The van der Waals surface area contributed by atoms with Gasteiger partial charge in [0.1, 0.15) is 6.04 Å². The molecule has 1 saturated carbocycles. The van der Waals surface area contributed by atoms with E-state index in [-0.39, 0.29) is 23.8 Å². The number of rotatable bonds is 6. The monoisotopic (exact) mass is 330 g/mol. The third-order valence-electron chi connectivity index (χ3n) is 4.67. The van der Waals surface area contributed by atoms with Gasteiger partial charge in [0.2, 0.25) is 11.8 Å². The molecule has 2 N–H and O–H groups in total. The van der Waals surface area contributed by atoms with Crippen molar-refractivity contribution in [1.29, 1.82) is 0 Å². The quantitative estimate of drug-likeness (QED) is 0.787. The summed E-state index contributed by atoms with van der Waals surface area (Å²) in [5.74, 6) is -0.0790. The highest BCUT2D eigenvalue weighted by Crippen LogP contribution is 2.17. The van der Waals surface area contributed by atoms with E-state index in [0.29, 0.717) is 6.42 Å². The van der Waals surface area contributed by atoms with Crippen molar-refractivity contribution in [3.8, 4) is 0 Å². The zero-order valence-electron chi connectivity index (χ0n) is 14.9. The minimum absolute atomic E-state index is 0.0432. The summed E-state index contributed by atoms with van der Waals surface area (Å²) in [5.41, 5.74) is 0.960. The van der Waals surface area contributed by atoms with Crippen LogP contribution in [-0.4, -0.2) is 23.9 Å². The van der Waals surface area contributed by atoms with E-state index < -0.39 is 6.04 Å². The van der Waals surface area contributed by atoms with Crippen molar-refractivity contribution in [2.75, 3.05) is 0 Å². The van der Waals surface area contributed by atoms with Gasteiger partial charge in [0.05, 0.1) is 6.42 Å². The number of carbonyl (C=O) groups excluding carboxylic acids is 2. The molecule has 0 aromatic heterocycles. The van der Waals surface area contributed by atoms with Crippen molar-refractivity contribution in [3.05, 3.63) is 35.9 Å². The molecule has 0 heterocycles. The second kappa shape index (κ2) is 9.45. The molecule has 0 spiro atoms. The minimum atomic E-state index is -0.468. The zero-order chi connectivity index (χ0) is 17.4. The molecular formula is C20H30N2O2. The number of nitrogens with one attached hydrogen (secondary N) is 2. The van der Waals surface area contributed by atoms with Gasteiger partial charge in [-0.1, -0.05) is 69.9 Å². The van der Waals surface area contributed by atoms with Gasteiger partial charge in [-0.05, 0) is 24.3 Å². The summed E-state index contributed by atoms with van der Waals surface area (Å²) in [5, 5.41) is 6.07. The molecule has 1 atom stereocenters. The standard InChI is InChI=1S/C20H30N2O2/c1-15(2)19(20(24)21-17-12-8-3-4-9-13-17)22-18(23)14-16-10-6-5-7-11-16/h5-7,10-11,15,17,19H,3-4,8-9,12-14H2,1-2H3,(H,21,24)(H,22,23)/t19-/m0/s1. The molecule has 0 bridgehead atoms. The maximum atomic E-state index is 12.6. The summed E-state index contributed by atoms with van der Waals surface area (Å²) in [6.07, 6.45) is 7.28. The highest BCUT2D eigenvalue weighted by atomic mass is 16.2. The molecule has 1 fully saturated rings. The van der Waals surface area contributed by atoms with Crippen LogP contribution < -0.4 is 10.6 Å². The van der Waals surface area contributed by atoms with Crippen molar-refractivity contribution >= 4 is 11.8 Å². The molecule has 4 heteroatoms. The van der Waals surface area contributed by atoms with E-state index in [1.54, 1.807) is 0 Å². The first-order chi connectivity index (χ1) is 11.6. The lowest BCUT2D eigenvalue weighted by molar-refractivity contribution is -0.130. The Morgan fingerprint density at radius 3 is 2.25 bits per heavy atom. The smallest absolute Gasteiger partial charge is 0.243 e. The first-order valence-corrected chi connectivity index (χ1v) is 9.20. The molecule has 0 unspecified atom stereocenters. The van der Waals surface area contributed by atoms with E-state index in [9.17, 15) is 9.59 Å². The summed E-state index contributed by atoms with van der Waals surface area (Å²) >= 11 is 0. The van der Waals surface area contributed by atoms with Gasteiger partial charge < -0.3 is 10.6 Å². The molecule has 1 aliphatic rings. The van der Waals surface area contributed by atoms with Gasteiger partial charge in [0.25, 0.3) is 0 Å². The summed E-state index contributed by atoms with van der Waals surface area (Å²) < 4.78 is 0. The van der Waals surface area contributed by atoms with Gasteiger partial charge in [-0.2, -0.15) is 0 Å². The van der Waals surface area contributed by atoms with Crippen molar-refractivity contribution in [2.45, 2.75) is 70.9 Å². The van der Waals surface area contributed by atoms with E-state index in [2.05, 4.69) is 10.6 Å². The van der Waals surface area contributed by atoms with Gasteiger partial charge in [-0.25, -0.2) is 0 Å². The predicted octanol–water partition coefficient (Wildman–Crippen LogP) is 3.21. The lowest BCUT2D eigenvalue weighted by Gasteiger charge is -2.25. The van der Waals surface area contributed by atoms with Gasteiger partial charge in [0.15, 0.2) is 0 Å². The second-order valence-corrected chi connectivity index (χ2v) is 7.15.